The van der Waals surface area contributed by atoms with Crippen molar-refractivity contribution in [1.29, 1.82) is 0 Å². The molecule has 2 heterocycles. The first-order valence-corrected chi connectivity index (χ1v) is 9.71. The van der Waals surface area contributed by atoms with Crippen molar-refractivity contribution in [3.63, 3.8) is 0 Å². The van der Waals surface area contributed by atoms with E-state index in [9.17, 15) is 14.0 Å². The van der Waals surface area contributed by atoms with Gasteiger partial charge in [0.1, 0.15) is 17.2 Å². The number of amides is 1. The van der Waals surface area contributed by atoms with E-state index in [1.54, 1.807) is 31.3 Å². The first-order valence-electron chi connectivity index (χ1n) is 9.71. The maximum Gasteiger partial charge on any atom is 0.262 e. The summed E-state index contributed by atoms with van der Waals surface area (Å²) < 4.78 is 20.6. The molecule has 5 nitrogen and oxygen atoms in total. The zero-order valence-corrected chi connectivity index (χ0v) is 15.8. The fourth-order valence-electron chi connectivity index (χ4n) is 4.00. The molecular weight excluding hydrogens is 359 g/mol. The molecule has 28 heavy (non-hydrogen) atoms. The lowest BCUT2D eigenvalue weighted by atomic mass is 9.95. The quantitative estimate of drug-likeness (QED) is 0.737. The highest BCUT2D eigenvalue weighted by Crippen LogP contribution is 2.24. The molecule has 2 aromatic heterocycles. The summed E-state index contributed by atoms with van der Waals surface area (Å²) in [4.78, 5) is 26.0. The van der Waals surface area contributed by atoms with Crippen molar-refractivity contribution < 1.29 is 13.6 Å². The Kier molecular flexibility index (Phi) is 5.03. The summed E-state index contributed by atoms with van der Waals surface area (Å²) in [7, 11) is 0. The first kappa shape index (κ1) is 18.5. The van der Waals surface area contributed by atoms with Crippen molar-refractivity contribution in [2.45, 2.75) is 51.6 Å². The van der Waals surface area contributed by atoms with E-state index in [-0.39, 0.29) is 35.3 Å². The normalized spacial score (nSPS) is 15.1. The van der Waals surface area contributed by atoms with Crippen molar-refractivity contribution in [1.82, 2.24) is 9.88 Å². The van der Waals surface area contributed by atoms with E-state index in [1.807, 2.05) is 0 Å². The number of pyridine rings is 1. The van der Waals surface area contributed by atoms with Gasteiger partial charge in [0, 0.05) is 12.2 Å². The minimum Gasteiger partial charge on any atom is -0.460 e. The molecule has 1 aliphatic carbocycles. The number of fused-ring (bicyclic) bond motifs is 1. The van der Waals surface area contributed by atoms with Crippen LogP contribution in [0.2, 0.25) is 0 Å². The van der Waals surface area contributed by atoms with Crippen LogP contribution < -0.4 is 10.9 Å². The fraction of sp³-hybridized carbons (Fsp3) is 0.364. The minimum atomic E-state index is -0.349. The zero-order valence-electron chi connectivity index (χ0n) is 15.8. The van der Waals surface area contributed by atoms with Crippen molar-refractivity contribution in [2.75, 3.05) is 0 Å². The van der Waals surface area contributed by atoms with Crippen LogP contribution in [0.3, 0.4) is 0 Å². The summed E-state index contributed by atoms with van der Waals surface area (Å²) in [5.41, 5.74) is 1.06. The largest absolute Gasteiger partial charge is 0.460 e. The van der Waals surface area contributed by atoms with Gasteiger partial charge in [-0.15, -0.1) is 0 Å². The van der Waals surface area contributed by atoms with Crippen LogP contribution in [0.25, 0.3) is 11.0 Å². The molecule has 4 rings (SSSR count). The van der Waals surface area contributed by atoms with E-state index >= 15 is 0 Å². The van der Waals surface area contributed by atoms with E-state index in [1.165, 1.54) is 23.1 Å². The van der Waals surface area contributed by atoms with Gasteiger partial charge in [0.25, 0.3) is 11.5 Å². The molecular formula is C22H23FN2O3. The Labute approximate surface area is 162 Å². The number of carbonyl (C=O) groups excluding carboxylic acids is 1. The molecule has 0 unspecified atom stereocenters. The van der Waals surface area contributed by atoms with Gasteiger partial charge in [-0.1, -0.05) is 31.4 Å². The molecule has 1 aromatic carbocycles. The van der Waals surface area contributed by atoms with Crippen LogP contribution in [0.5, 0.6) is 0 Å². The third kappa shape index (κ3) is 3.59. The third-order valence-electron chi connectivity index (χ3n) is 5.40. The summed E-state index contributed by atoms with van der Waals surface area (Å²) in [5.74, 6) is -0.175. The van der Waals surface area contributed by atoms with Crippen LogP contribution in [0.4, 0.5) is 4.39 Å². The number of benzene rings is 1. The average molecular weight is 382 g/mol. The second kappa shape index (κ2) is 7.62. The molecule has 1 fully saturated rings. The van der Waals surface area contributed by atoms with E-state index < -0.39 is 0 Å². The number of nitrogens with zero attached hydrogens (tertiary/aromatic N) is 1. The van der Waals surface area contributed by atoms with E-state index in [0.29, 0.717) is 22.5 Å². The van der Waals surface area contributed by atoms with E-state index in [4.69, 9.17) is 4.42 Å². The Morgan fingerprint density at radius 3 is 2.79 bits per heavy atom. The highest BCUT2D eigenvalue weighted by Gasteiger charge is 2.24. The minimum absolute atomic E-state index is 0.142. The second-order valence-electron chi connectivity index (χ2n) is 7.46. The van der Waals surface area contributed by atoms with Crippen LogP contribution in [-0.4, -0.2) is 16.5 Å². The fourth-order valence-corrected chi connectivity index (χ4v) is 4.00. The van der Waals surface area contributed by atoms with Gasteiger partial charge in [0.15, 0.2) is 0 Å². The lowest BCUT2D eigenvalue weighted by Crippen LogP contribution is -2.36. The summed E-state index contributed by atoms with van der Waals surface area (Å²) >= 11 is 0. The van der Waals surface area contributed by atoms with Crippen molar-refractivity contribution in [3.05, 3.63) is 69.6 Å². The molecule has 1 saturated carbocycles. The molecule has 146 valence electrons. The molecule has 1 N–H and O–H groups in total. The molecule has 6 heteroatoms. The standard InChI is InChI=1S/C22H23FN2O3/c1-14-19(21(26)24-17-8-3-2-4-9-17)20-18(28-14)10-11-25(22(20)27)13-15-6-5-7-16(23)12-15/h5-7,10-12,17H,2-4,8-9,13H2,1H3,(H,24,26). The average Bonchev–Trinajstić information content (AvgIpc) is 3.02. The van der Waals surface area contributed by atoms with Gasteiger partial charge in [-0.2, -0.15) is 0 Å². The van der Waals surface area contributed by atoms with Crippen molar-refractivity contribution in [3.8, 4) is 0 Å². The topological polar surface area (TPSA) is 64.2 Å². The Bertz CT molecular complexity index is 1080. The Hall–Kier alpha value is -2.89. The smallest absolute Gasteiger partial charge is 0.262 e. The SMILES string of the molecule is Cc1oc2ccn(Cc3cccc(F)c3)c(=O)c2c1C(=O)NC1CCCCC1. The number of nitrogens with one attached hydrogen (secondary N) is 1. The summed E-state index contributed by atoms with van der Waals surface area (Å²) in [5, 5.41) is 3.34. The lowest BCUT2D eigenvalue weighted by Gasteiger charge is -2.22. The molecule has 0 aliphatic heterocycles. The number of furan rings is 1. The second-order valence-corrected chi connectivity index (χ2v) is 7.46. The third-order valence-corrected chi connectivity index (χ3v) is 5.40. The van der Waals surface area contributed by atoms with Crippen molar-refractivity contribution in [2.24, 2.45) is 0 Å². The van der Waals surface area contributed by atoms with Crippen LogP contribution >= 0.6 is 0 Å². The number of aromatic nitrogens is 1. The molecule has 0 atom stereocenters. The molecule has 0 spiro atoms. The Morgan fingerprint density at radius 1 is 1.25 bits per heavy atom. The highest BCUT2D eigenvalue weighted by atomic mass is 19.1. The summed E-state index contributed by atoms with van der Waals surface area (Å²) in [6.07, 6.45) is 6.95. The van der Waals surface area contributed by atoms with Crippen molar-refractivity contribution >= 4 is 16.9 Å². The van der Waals surface area contributed by atoms with Gasteiger partial charge in [-0.3, -0.25) is 9.59 Å². The van der Waals surface area contributed by atoms with E-state index in [2.05, 4.69) is 5.32 Å². The van der Waals surface area contributed by atoms with Gasteiger partial charge >= 0.3 is 0 Å². The van der Waals surface area contributed by atoms with Crippen LogP contribution in [0.15, 0.2) is 45.7 Å². The molecule has 1 amide bonds. The van der Waals surface area contributed by atoms with Gasteiger partial charge < -0.3 is 14.3 Å². The Morgan fingerprint density at radius 2 is 2.04 bits per heavy atom. The predicted octanol–water partition coefficient (Wildman–Crippen LogP) is 4.15. The summed E-state index contributed by atoms with van der Waals surface area (Å²) in [6.45, 7) is 1.92. The summed E-state index contributed by atoms with van der Waals surface area (Å²) in [6, 6.07) is 7.96. The highest BCUT2D eigenvalue weighted by molar-refractivity contribution is 6.07. The molecule has 0 bridgehead atoms. The van der Waals surface area contributed by atoms with Gasteiger partial charge in [0.05, 0.1) is 17.5 Å². The number of halogens is 1. The van der Waals surface area contributed by atoms with Crippen LogP contribution in [0.1, 0.15) is 53.8 Å². The monoisotopic (exact) mass is 382 g/mol. The maximum absolute atomic E-state index is 13.5. The number of aryl methyl sites for hydroxylation is 1. The maximum atomic E-state index is 13.5. The van der Waals surface area contributed by atoms with Gasteiger partial charge in [0.2, 0.25) is 0 Å². The van der Waals surface area contributed by atoms with Crippen LogP contribution in [-0.2, 0) is 6.54 Å². The molecule has 3 aromatic rings. The number of carbonyl (C=O) groups is 1. The lowest BCUT2D eigenvalue weighted by molar-refractivity contribution is 0.0927. The first-order chi connectivity index (χ1) is 13.5. The molecule has 0 radical (unpaired) electrons. The Balaban J connectivity index is 1.69. The van der Waals surface area contributed by atoms with Gasteiger partial charge in [-0.25, -0.2) is 4.39 Å². The molecule has 0 saturated heterocycles. The number of hydrogen-bond donors (Lipinski definition) is 1. The van der Waals surface area contributed by atoms with Crippen LogP contribution in [0, 0.1) is 12.7 Å². The van der Waals surface area contributed by atoms with E-state index in [0.717, 1.165) is 25.7 Å². The number of hydrogen-bond acceptors (Lipinski definition) is 3. The number of rotatable bonds is 4. The predicted molar refractivity (Wildman–Crippen MR) is 105 cm³/mol. The van der Waals surface area contributed by atoms with Gasteiger partial charge in [-0.05, 0) is 43.5 Å². The zero-order chi connectivity index (χ0) is 19.7. The molecule has 1 aliphatic rings.